The topological polar surface area (TPSA) is 56.1 Å². The Bertz CT molecular complexity index is 544. The molecule has 24 heavy (non-hydrogen) atoms. The fourth-order valence-electron chi connectivity index (χ4n) is 5.63. The van der Waals surface area contributed by atoms with Crippen molar-refractivity contribution in [1.82, 2.24) is 10.2 Å². The first-order chi connectivity index (χ1) is 11.6. The van der Waals surface area contributed by atoms with Gasteiger partial charge in [-0.05, 0) is 64.3 Å². The molecule has 0 aromatic rings. The van der Waals surface area contributed by atoms with E-state index in [0.29, 0.717) is 5.92 Å². The summed E-state index contributed by atoms with van der Waals surface area (Å²) in [6, 6.07) is 3.40. The zero-order chi connectivity index (χ0) is 16.8. The zero-order valence-corrected chi connectivity index (χ0v) is 15.0. The van der Waals surface area contributed by atoms with E-state index in [-0.39, 0.29) is 17.4 Å². The van der Waals surface area contributed by atoms with Gasteiger partial charge in [0.2, 0.25) is 5.91 Å². The molecule has 0 bridgehead atoms. The van der Waals surface area contributed by atoms with Crippen LogP contribution < -0.4 is 5.32 Å². The summed E-state index contributed by atoms with van der Waals surface area (Å²) in [7, 11) is 0. The van der Waals surface area contributed by atoms with E-state index in [9.17, 15) is 10.1 Å². The minimum absolute atomic E-state index is 0.0239. The van der Waals surface area contributed by atoms with Crippen LogP contribution in [-0.4, -0.2) is 36.0 Å². The number of piperidine rings is 1. The summed E-state index contributed by atoms with van der Waals surface area (Å²) in [5.74, 6) is 0.567. The number of nitrogens with zero attached hydrogens (tertiary/aromatic N) is 2. The number of carbonyl (C=O) groups excluding carboxylic acids is 1. The maximum absolute atomic E-state index is 12.9. The highest BCUT2D eigenvalue weighted by atomic mass is 16.2. The summed E-state index contributed by atoms with van der Waals surface area (Å²) in [5, 5.41) is 13.0. The van der Waals surface area contributed by atoms with Crippen LogP contribution in [0.5, 0.6) is 0 Å². The van der Waals surface area contributed by atoms with Gasteiger partial charge in [-0.25, -0.2) is 0 Å². The van der Waals surface area contributed by atoms with Gasteiger partial charge in [0, 0.05) is 24.0 Å². The summed E-state index contributed by atoms with van der Waals surface area (Å²) < 4.78 is 0. The van der Waals surface area contributed by atoms with E-state index in [0.717, 1.165) is 31.8 Å². The molecule has 3 aliphatic carbocycles. The first-order valence-corrected chi connectivity index (χ1v) is 10.1. The van der Waals surface area contributed by atoms with E-state index in [1.54, 1.807) is 0 Å². The summed E-state index contributed by atoms with van der Waals surface area (Å²) >= 11 is 0. The van der Waals surface area contributed by atoms with Gasteiger partial charge >= 0.3 is 0 Å². The molecule has 0 unspecified atom stereocenters. The number of rotatable bonds is 4. The maximum atomic E-state index is 12.9. The van der Waals surface area contributed by atoms with E-state index in [1.807, 2.05) is 0 Å². The van der Waals surface area contributed by atoms with Gasteiger partial charge in [-0.3, -0.25) is 4.79 Å². The van der Waals surface area contributed by atoms with Crippen molar-refractivity contribution in [3.05, 3.63) is 0 Å². The molecule has 3 saturated carbocycles. The van der Waals surface area contributed by atoms with Gasteiger partial charge in [0.25, 0.3) is 0 Å². The third-order valence-corrected chi connectivity index (χ3v) is 7.67. The normalized spacial score (nSPS) is 36.8. The number of likely N-dealkylation sites (tertiary alicyclic amines) is 1. The third-order valence-electron chi connectivity index (χ3n) is 7.67. The highest BCUT2D eigenvalue weighted by Crippen LogP contribution is 2.71. The number of nitriles is 1. The molecule has 1 spiro atoms. The fourth-order valence-corrected chi connectivity index (χ4v) is 5.63. The SMILES string of the molecule is C[C@H](NC(=O)[C@@]1(C#N)CC12CCCC2)[C@@H]1CCCN(C2CCC2)C1. The van der Waals surface area contributed by atoms with Crippen molar-refractivity contribution in [3.8, 4) is 6.07 Å². The third kappa shape index (κ3) is 2.47. The lowest BCUT2D eigenvalue weighted by Crippen LogP contribution is -2.51. The van der Waals surface area contributed by atoms with Gasteiger partial charge < -0.3 is 10.2 Å². The van der Waals surface area contributed by atoms with Gasteiger partial charge in [0.15, 0.2) is 0 Å². The second-order valence-corrected chi connectivity index (χ2v) is 8.93. The largest absolute Gasteiger partial charge is 0.352 e. The molecule has 3 atom stereocenters. The molecular weight excluding hydrogens is 298 g/mol. The number of amides is 1. The number of hydrogen-bond donors (Lipinski definition) is 1. The molecular formula is C20H31N3O. The van der Waals surface area contributed by atoms with E-state index in [1.165, 1.54) is 51.5 Å². The van der Waals surface area contributed by atoms with Gasteiger partial charge in [0.1, 0.15) is 5.41 Å². The number of hydrogen-bond acceptors (Lipinski definition) is 3. The summed E-state index contributed by atoms with van der Waals surface area (Å²) in [4.78, 5) is 15.6. The quantitative estimate of drug-likeness (QED) is 0.861. The molecule has 132 valence electrons. The van der Waals surface area contributed by atoms with Crippen LogP contribution in [0.4, 0.5) is 0 Å². The average molecular weight is 329 g/mol. The van der Waals surface area contributed by atoms with Crippen LogP contribution in [0.3, 0.4) is 0 Å². The van der Waals surface area contributed by atoms with Gasteiger partial charge in [-0.15, -0.1) is 0 Å². The molecule has 1 saturated heterocycles. The predicted molar refractivity (Wildman–Crippen MR) is 93.1 cm³/mol. The van der Waals surface area contributed by atoms with Crippen LogP contribution in [-0.2, 0) is 4.79 Å². The minimum atomic E-state index is -0.708. The molecule has 1 N–H and O–H groups in total. The Labute approximate surface area is 146 Å². The fraction of sp³-hybridized carbons (Fsp3) is 0.900. The maximum Gasteiger partial charge on any atom is 0.241 e. The van der Waals surface area contributed by atoms with Gasteiger partial charge in [-0.2, -0.15) is 5.26 Å². The molecule has 1 heterocycles. The summed E-state index contributed by atoms with van der Waals surface area (Å²) in [5.41, 5.74) is -0.684. The number of carbonyl (C=O) groups is 1. The molecule has 1 amide bonds. The van der Waals surface area contributed by atoms with Crippen molar-refractivity contribution in [3.63, 3.8) is 0 Å². The predicted octanol–water partition coefficient (Wildman–Crippen LogP) is 3.23. The summed E-state index contributed by atoms with van der Waals surface area (Å²) in [6.45, 7) is 4.51. The first-order valence-electron chi connectivity index (χ1n) is 10.1. The minimum Gasteiger partial charge on any atom is -0.352 e. The molecule has 4 heteroatoms. The Balaban J connectivity index is 1.36. The van der Waals surface area contributed by atoms with Crippen molar-refractivity contribution < 1.29 is 4.79 Å². The highest BCUT2D eigenvalue weighted by Gasteiger charge is 2.72. The van der Waals surface area contributed by atoms with E-state index < -0.39 is 5.41 Å². The zero-order valence-electron chi connectivity index (χ0n) is 15.0. The summed E-state index contributed by atoms with van der Waals surface area (Å²) in [6.07, 6.45) is 11.9. The second kappa shape index (κ2) is 6.02. The van der Waals surface area contributed by atoms with Crippen LogP contribution in [0.25, 0.3) is 0 Å². The van der Waals surface area contributed by atoms with Gasteiger partial charge in [-0.1, -0.05) is 19.3 Å². The molecule has 0 radical (unpaired) electrons. The Morgan fingerprint density at radius 3 is 2.58 bits per heavy atom. The lowest BCUT2D eigenvalue weighted by molar-refractivity contribution is -0.126. The van der Waals surface area contributed by atoms with Crippen LogP contribution in [0.2, 0.25) is 0 Å². The first kappa shape index (κ1) is 16.4. The van der Waals surface area contributed by atoms with E-state index in [4.69, 9.17) is 0 Å². The Hall–Kier alpha value is -1.08. The Morgan fingerprint density at radius 1 is 1.21 bits per heavy atom. The van der Waals surface area contributed by atoms with Crippen LogP contribution in [0, 0.1) is 28.1 Å². The molecule has 0 aromatic carbocycles. The van der Waals surface area contributed by atoms with Crippen molar-refractivity contribution in [2.24, 2.45) is 16.7 Å². The molecule has 4 rings (SSSR count). The standard InChI is InChI=1S/C20H31N3O/c1-15(16-6-5-11-23(12-16)17-7-4-8-17)22-18(24)20(14-21)13-19(20)9-2-3-10-19/h15-17H,2-13H2,1H3,(H,22,24)/t15-,16+,20-/m0/s1. The lowest BCUT2D eigenvalue weighted by Gasteiger charge is -2.44. The van der Waals surface area contributed by atoms with Crippen LogP contribution in [0.1, 0.15) is 71.1 Å². The average Bonchev–Trinajstić information content (AvgIpc) is 2.92. The lowest BCUT2D eigenvalue weighted by atomic mass is 9.85. The van der Waals surface area contributed by atoms with Crippen molar-refractivity contribution >= 4 is 5.91 Å². The second-order valence-electron chi connectivity index (χ2n) is 8.93. The molecule has 4 nitrogen and oxygen atoms in total. The molecule has 0 aromatic heterocycles. The van der Waals surface area contributed by atoms with E-state index in [2.05, 4.69) is 23.2 Å². The van der Waals surface area contributed by atoms with Crippen LogP contribution in [0.15, 0.2) is 0 Å². The van der Waals surface area contributed by atoms with Gasteiger partial charge in [0.05, 0.1) is 6.07 Å². The van der Waals surface area contributed by atoms with Crippen LogP contribution >= 0.6 is 0 Å². The molecule has 1 aliphatic heterocycles. The monoisotopic (exact) mass is 329 g/mol. The van der Waals surface area contributed by atoms with Crippen molar-refractivity contribution in [2.45, 2.75) is 83.2 Å². The molecule has 4 fully saturated rings. The van der Waals surface area contributed by atoms with Crippen molar-refractivity contribution in [1.29, 1.82) is 5.26 Å². The Morgan fingerprint density at radius 2 is 1.96 bits per heavy atom. The highest BCUT2D eigenvalue weighted by molar-refractivity contribution is 5.90. The van der Waals surface area contributed by atoms with E-state index >= 15 is 0 Å². The smallest absolute Gasteiger partial charge is 0.241 e. The molecule has 4 aliphatic rings. The van der Waals surface area contributed by atoms with Crippen molar-refractivity contribution in [2.75, 3.05) is 13.1 Å². The number of nitrogens with one attached hydrogen (secondary N) is 1. The Kier molecular flexibility index (Phi) is 4.11.